The van der Waals surface area contributed by atoms with E-state index in [1.54, 1.807) is 0 Å². The second kappa shape index (κ2) is 9.95. The minimum atomic E-state index is -3.92. The van der Waals surface area contributed by atoms with Gasteiger partial charge in [-0.3, -0.25) is 4.79 Å². The first kappa shape index (κ1) is 14.6. The molecule has 0 radical (unpaired) electrons. The molecule has 2 heterocycles. The maximum absolute atomic E-state index is 15.8. The fourth-order valence-electron chi connectivity index (χ4n) is 3.40. The number of nitrogens with zero attached hydrogens (tertiary/aromatic N) is 1. The molecule has 1 aliphatic rings. The zero-order valence-electron chi connectivity index (χ0n) is 27.4. The van der Waals surface area contributed by atoms with Crippen molar-refractivity contribution in [1.29, 1.82) is 0 Å². The SMILES string of the molecule is S.[2H]C([2H])([2H])C(C([2H])([2H])[2H])(C([2H])([2H])[2H])[C@]1([2H])Cc2cc(OCCCOC)c(OC)cc2-c2c(F)c(=O)c(C(=O)O)cn21. The zero-order valence-corrected chi connectivity index (χ0v) is 18.4. The summed E-state index contributed by atoms with van der Waals surface area (Å²) in [5.41, 5.74) is -8.00. The predicted octanol–water partition coefficient (Wildman–Crippen LogP) is 4.03. The fourth-order valence-corrected chi connectivity index (χ4v) is 3.40. The van der Waals surface area contributed by atoms with Crippen LogP contribution in [-0.4, -0.2) is 43.1 Å². The molecule has 0 aliphatic carbocycles. The molecule has 0 spiro atoms. The first-order valence-electron chi connectivity index (χ1n) is 14.2. The number of carboxylic acids is 1. The van der Waals surface area contributed by atoms with E-state index in [-0.39, 0.29) is 42.7 Å². The number of halogens is 1. The molecule has 0 saturated carbocycles. The quantitative estimate of drug-likeness (QED) is 0.606. The summed E-state index contributed by atoms with van der Waals surface area (Å²) in [5, 5.41) is 9.56. The standard InChI is InChI=1S/C23H28FNO6.H2S/c1-23(2,3)18-10-13-9-17(31-8-6-7-29-4)16(30-5)11-14(13)20-19(24)21(26)15(22(27)28)12-25(18)20;/h9,11-12,18H,6-8,10H2,1-5H3,(H,27,28);1H2/t18-;/m0./s1/i1D3,2D3,3D3,18D;. The van der Waals surface area contributed by atoms with Crippen LogP contribution in [0.4, 0.5) is 4.39 Å². The van der Waals surface area contributed by atoms with Crippen molar-refractivity contribution < 1.29 is 42.2 Å². The summed E-state index contributed by atoms with van der Waals surface area (Å²) in [6, 6.07) is -0.916. The number of carbonyl (C=O) groups is 1. The van der Waals surface area contributed by atoms with Gasteiger partial charge in [-0.05, 0) is 29.5 Å². The van der Waals surface area contributed by atoms with Crippen LogP contribution in [0.25, 0.3) is 11.3 Å². The largest absolute Gasteiger partial charge is 0.493 e. The second-order valence-corrected chi connectivity index (χ2v) is 6.94. The van der Waals surface area contributed by atoms with E-state index >= 15 is 4.39 Å². The lowest BCUT2D eigenvalue weighted by atomic mass is 9.78. The van der Waals surface area contributed by atoms with Crippen molar-refractivity contribution in [2.24, 2.45) is 5.41 Å². The van der Waals surface area contributed by atoms with E-state index < -0.39 is 66.9 Å². The van der Waals surface area contributed by atoms with Gasteiger partial charge in [0.25, 0.3) is 0 Å². The highest BCUT2D eigenvalue weighted by atomic mass is 32.1. The van der Waals surface area contributed by atoms with Gasteiger partial charge in [0.1, 0.15) is 5.56 Å². The average Bonchev–Trinajstić information content (AvgIpc) is 2.80. The van der Waals surface area contributed by atoms with E-state index in [0.717, 1.165) is 0 Å². The number of methoxy groups -OCH3 is 2. The van der Waals surface area contributed by atoms with Crippen molar-refractivity contribution in [2.75, 3.05) is 27.4 Å². The first-order valence-corrected chi connectivity index (χ1v) is 9.23. The van der Waals surface area contributed by atoms with Crippen LogP contribution >= 0.6 is 13.5 Å². The number of fused-ring (bicyclic) bond motifs is 3. The van der Waals surface area contributed by atoms with Gasteiger partial charge in [-0.1, -0.05) is 20.6 Å². The molecule has 2 aromatic rings. The van der Waals surface area contributed by atoms with Crippen LogP contribution in [0.2, 0.25) is 0 Å². The molecule has 9 heteroatoms. The van der Waals surface area contributed by atoms with Crippen molar-refractivity contribution >= 4 is 19.5 Å². The molecule has 0 amide bonds. The molecule has 1 N–H and O–H groups in total. The third kappa shape index (κ3) is 4.78. The molecule has 1 aliphatic heterocycles. The molecule has 1 atom stereocenters. The fraction of sp³-hybridized carbons (Fsp3) is 0.478. The number of carboxylic acid groups (broad SMARTS) is 1. The third-order valence-corrected chi connectivity index (χ3v) is 4.86. The number of aromatic nitrogens is 1. The van der Waals surface area contributed by atoms with Crippen LogP contribution in [0.3, 0.4) is 0 Å². The molecule has 3 rings (SSSR count). The molecule has 176 valence electrons. The Morgan fingerprint density at radius 3 is 2.62 bits per heavy atom. The summed E-state index contributed by atoms with van der Waals surface area (Å²) in [4.78, 5) is 24.6. The second-order valence-electron chi connectivity index (χ2n) is 6.94. The Labute approximate surface area is 207 Å². The van der Waals surface area contributed by atoms with E-state index in [9.17, 15) is 16.1 Å². The third-order valence-electron chi connectivity index (χ3n) is 4.86. The minimum absolute atomic E-state index is 0. The summed E-state index contributed by atoms with van der Waals surface area (Å²) in [7, 11) is 2.73. The number of pyridine rings is 1. The molecule has 0 saturated heterocycles. The van der Waals surface area contributed by atoms with Crippen molar-refractivity contribution in [3.05, 3.63) is 45.5 Å². The van der Waals surface area contributed by atoms with Gasteiger partial charge in [0.2, 0.25) is 5.43 Å². The topological polar surface area (TPSA) is 87.0 Å². The summed E-state index contributed by atoms with van der Waals surface area (Å²) in [6.45, 7) is -11.3. The Morgan fingerprint density at radius 1 is 1.31 bits per heavy atom. The van der Waals surface area contributed by atoms with Gasteiger partial charge in [0, 0.05) is 50.3 Å². The van der Waals surface area contributed by atoms with Gasteiger partial charge in [-0.15, -0.1) is 0 Å². The molecule has 7 nitrogen and oxygen atoms in total. The van der Waals surface area contributed by atoms with Crippen LogP contribution < -0.4 is 14.9 Å². The summed E-state index contributed by atoms with van der Waals surface area (Å²) < 4.78 is 115. The van der Waals surface area contributed by atoms with Crippen LogP contribution in [0.15, 0.2) is 23.1 Å². The molecular formula is C23H30FNO6S. The normalized spacial score (nSPS) is 22.8. The maximum Gasteiger partial charge on any atom is 0.341 e. The van der Waals surface area contributed by atoms with Crippen LogP contribution in [0.1, 0.15) is 62.6 Å². The van der Waals surface area contributed by atoms with Gasteiger partial charge < -0.3 is 23.9 Å². The van der Waals surface area contributed by atoms with E-state index in [1.807, 2.05) is 0 Å². The van der Waals surface area contributed by atoms with Crippen molar-refractivity contribution in [1.82, 2.24) is 4.57 Å². The monoisotopic (exact) mass is 477 g/mol. The summed E-state index contributed by atoms with van der Waals surface area (Å²) in [5.74, 6) is -3.69. The highest BCUT2D eigenvalue weighted by Gasteiger charge is 2.36. The smallest absolute Gasteiger partial charge is 0.341 e. The van der Waals surface area contributed by atoms with E-state index in [0.29, 0.717) is 23.8 Å². The molecule has 0 unspecified atom stereocenters. The molecule has 1 aromatic heterocycles. The highest BCUT2D eigenvalue weighted by Crippen LogP contribution is 2.46. The number of ether oxygens (including phenoxy) is 3. The van der Waals surface area contributed by atoms with Gasteiger partial charge in [-0.2, -0.15) is 13.5 Å². The lowest BCUT2D eigenvalue weighted by Crippen LogP contribution is -2.34. The number of hydrogen-bond acceptors (Lipinski definition) is 5. The predicted molar refractivity (Wildman–Crippen MR) is 124 cm³/mol. The minimum Gasteiger partial charge on any atom is -0.493 e. The van der Waals surface area contributed by atoms with Gasteiger partial charge in [-0.25, -0.2) is 9.18 Å². The Hall–Kier alpha value is -2.52. The average molecular weight is 478 g/mol. The molecule has 1 aromatic carbocycles. The number of hydrogen-bond donors (Lipinski definition) is 1. The van der Waals surface area contributed by atoms with Gasteiger partial charge in [0.05, 0.1) is 20.8 Å². The van der Waals surface area contributed by atoms with Crippen LogP contribution in [-0.2, 0) is 11.2 Å². The lowest BCUT2D eigenvalue weighted by Gasteiger charge is -2.39. The van der Waals surface area contributed by atoms with Crippen molar-refractivity contribution in [2.45, 2.75) is 39.4 Å². The molecule has 0 fully saturated rings. The van der Waals surface area contributed by atoms with Crippen LogP contribution in [0, 0.1) is 11.2 Å². The Balaban J connectivity index is 0.00000616. The Kier molecular flexibility index (Phi) is 4.54. The van der Waals surface area contributed by atoms with Gasteiger partial charge in [0.15, 0.2) is 17.3 Å². The lowest BCUT2D eigenvalue weighted by molar-refractivity contribution is 0.0692. The highest BCUT2D eigenvalue weighted by molar-refractivity contribution is 7.59. The summed E-state index contributed by atoms with van der Waals surface area (Å²) in [6.07, 6.45) is -0.132. The first-order chi connectivity index (χ1) is 18.7. The number of rotatable bonds is 7. The maximum atomic E-state index is 15.8. The van der Waals surface area contributed by atoms with Crippen molar-refractivity contribution in [3.8, 4) is 22.8 Å². The molecule has 32 heavy (non-hydrogen) atoms. The van der Waals surface area contributed by atoms with Crippen LogP contribution in [0.5, 0.6) is 11.5 Å². The van der Waals surface area contributed by atoms with E-state index in [4.69, 9.17) is 26.5 Å². The number of aromatic carboxylic acids is 1. The Morgan fingerprint density at radius 2 is 2.03 bits per heavy atom. The molecular weight excluding hydrogens is 437 g/mol. The number of benzene rings is 1. The van der Waals surface area contributed by atoms with Gasteiger partial charge >= 0.3 is 5.97 Å². The van der Waals surface area contributed by atoms with E-state index in [1.165, 1.54) is 26.4 Å². The molecule has 0 bridgehead atoms. The van der Waals surface area contributed by atoms with E-state index in [2.05, 4.69) is 0 Å². The summed E-state index contributed by atoms with van der Waals surface area (Å²) >= 11 is 0. The van der Waals surface area contributed by atoms with Crippen molar-refractivity contribution in [3.63, 3.8) is 0 Å². The zero-order chi connectivity index (χ0) is 31.3. The Bertz CT molecular complexity index is 1370.